The minimum atomic E-state index is 0.0884. The molecule has 1 aromatic heterocycles. The van der Waals surface area contributed by atoms with Crippen molar-refractivity contribution < 1.29 is 9.53 Å². The number of rotatable bonds is 8. The summed E-state index contributed by atoms with van der Waals surface area (Å²) in [6.45, 7) is 4.39. The fourth-order valence-electron chi connectivity index (χ4n) is 5.09. The van der Waals surface area contributed by atoms with E-state index < -0.39 is 0 Å². The first-order valence-corrected chi connectivity index (χ1v) is 13.9. The number of aromatic nitrogens is 3. The first kappa shape index (κ1) is 25.0. The Bertz CT molecular complexity index is 902. The topological polar surface area (TPSA) is 72.3 Å². The van der Waals surface area contributed by atoms with Crippen LogP contribution in [0.25, 0.3) is 5.69 Å². The smallest absolute Gasteiger partial charge is 0.230 e. The van der Waals surface area contributed by atoms with Crippen LogP contribution < -0.4 is 10.1 Å². The molecular weight excluding hydrogens is 446 g/mol. The molecule has 1 unspecified atom stereocenters. The van der Waals surface area contributed by atoms with E-state index in [-0.39, 0.29) is 11.9 Å². The molecule has 2 fully saturated rings. The molecule has 1 saturated carbocycles. The largest absolute Gasteiger partial charge is 0.497 e. The van der Waals surface area contributed by atoms with Crippen LogP contribution in [0.15, 0.2) is 29.4 Å². The van der Waals surface area contributed by atoms with Gasteiger partial charge >= 0.3 is 0 Å². The lowest BCUT2D eigenvalue weighted by atomic mass is 9.97. The summed E-state index contributed by atoms with van der Waals surface area (Å²) in [5, 5.41) is 13.2. The summed E-state index contributed by atoms with van der Waals surface area (Å²) in [6, 6.07) is 8.46. The number of benzene rings is 1. The highest BCUT2D eigenvalue weighted by Crippen LogP contribution is 2.30. The van der Waals surface area contributed by atoms with E-state index in [1.807, 2.05) is 24.3 Å². The lowest BCUT2D eigenvalue weighted by Crippen LogP contribution is -2.36. The number of thioether (sulfide) groups is 1. The van der Waals surface area contributed by atoms with Crippen LogP contribution in [-0.2, 0) is 4.79 Å². The predicted octanol–water partition coefficient (Wildman–Crippen LogP) is 5.14. The monoisotopic (exact) mass is 485 g/mol. The van der Waals surface area contributed by atoms with Gasteiger partial charge in [-0.05, 0) is 70.0 Å². The summed E-state index contributed by atoms with van der Waals surface area (Å²) in [7, 11) is 1.67. The molecule has 34 heavy (non-hydrogen) atoms. The first-order chi connectivity index (χ1) is 16.7. The van der Waals surface area contributed by atoms with Crippen molar-refractivity contribution in [2.75, 3.05) is 26.0 Å². The standard InChI is InChI=1S/C26H39N5O2S/c1-20(30-17-9-6-10-18-30)25-28-29-26(31(25)22-13-15-23(33-2)16-14-22)34-19-24(32)27-21-11-7-4-3-5-8-12-21/h13-16,20-21H,3-12,17-19H2,1-2H3,(H,27,32). The predicted molar refractivity (Wildman–Crippen MR) is 137 cm³/mol. The first-order valence-electron chi connectivity index (χ1n) is 12.9. The highest BCUT2D eigenvalue weighted by atomic mass is 32.2. The van der Waals surface area contributed by atoms with Crippen LogP contribution in [0, 0.1) is 0 Å². The van der Waals surface area contributed by atoms with Gasteiger partial charge in [0.2, 0.25) is 5.91 Å². The third kappa shape index (κ3) is 6.54. The Morgan fingerprint density at radius 1 is 1.03 bits per heavy atom. The maximum atomic E-state index is 12.8. The Balaban J connectivity index is 1.49. The average Bonchev–Trinajstić information content (AvgIpc) is 3.28. The Morgan fingerprint density at radius 3 is 2.35 bits per heavy atom. The number of methoxy groups -OCH3 is 1. The highest BCUT2D eigenvalue weighted by Gasteiger charge is 2.26. The number of likely N-dealkylation sites (tertiary alicyclic amines) is 1. The van der Waals surface area contributed by atoms with Gasteiger partial charge in [-0.15, -0.1) is 10.2 Å². The van der Waals surface area contributed by atoms with E-state index in [0.717, 1.165) is 48.3 Å². The Hall–Kier alpha value is -2.06. The molecule has 2 aromatic rings. The molecule has 2 aliphatic rings. The van der Waals surface area contributed by atoms with Crippen molar-refractivity contribution in [3.05, 3.63) is 30.1 Å². The summed E-state index contributed by atoms with van der Waals surface area (Å²) in [4.78, 5) is 15.3. The van der Waals surface area contributed by atoms with Gasteiger partial charge < -0.3 is 10.1 Å². The molecule has 1 aliphatic heterocycles. The zero-order valence-corrected chi connectivity index (χ0v) is 21.5. The van der Waals surface area contributed by atoms with E-state index in [9.17, 15) is 4.79 Å². The van der Waals surface area contributed by atoms with Gasteiger partial charge in [0, 0.05) is 11.7 Å². The lowest BCUT2D eigenvalue weighted by molar-refractivity contribution is -0.119. The van der Waals surface area contributed by atoms with Crippen LogP contribution in [0.1, 0.15) is 83.0 Å². The van der Waals surface area contributed by atoms with Gasteiger partial charge in [0.05, 0.1) is 18.9 Å². The molecule has 1 aromatic carbocycles. The van der Waals surface area contributed by atoms with E-state index >= 15 is 0 Å². The van der Waals surface area contributed by atoms with Gasteiger partial charge in [0.25, 0.3) is 0 Å². The van der Waals surface area contributed by atoms with Crippen molar-refractivity contribution in [1.82, 2.24) is 25.0 Å². The van der Waals surface area contributed by atoms with Gasteiger partial charge in [-0.3, -0.25) is 14.3 Å². The van der Waals surface area contributed by atoms with E-state index in [1.54, 1.807) is 7.11 Å². The molecule has 1 atom stereocenters. The molecule has 1 aliphatic carbocycles. The van der Waals surface area contributed by atoms with Gasteiger partial charge in [0.15, 0.2) is 11.0 Å². The number of piperidine rings is 1. The van der Waals surface area contributed by atoms with Crippen LogP contribution in [-0.4, -0.2) is 57.6 Å². The highest BCUT2D eigenvalue weighted by molar-refractivity contribution is 7.99. The van der Waals surface area contributed by atoms with Crippen molar-refractivity contribution >= 4 is 17.7 Å². The third-order valence-corrected chi connectivity index (χ3v) is 8.03. The molecular formula is C26H39N5O2S. The number of nitrogens with zero attached hydrogens (tertiary/aromatic N) is 4. The second-order valence-corrected chi connectivity index (χ2v) is 10.5. The molecule has 1 amide bonds. The van der Waals surface area contributed by atoms with Crippen LogP contribution >= 0.6 is 11.8 Å². The summed E-state index contributed by atoms with van der Waals surface area (Å²) in [5.74, 6) is 2.18. The van der Waals surface area contributed by atoms with Crippen LogP contribution in [0.3, 0.4) is 0 Å². The van der Waals surface area contributed by atoms with E-state index in [2.05, 4.69) is 31.9 Å². The zero-order valence-electron chi connectivity index (χ0n) is 20.7. The summed E-state index contributed by atoms with van der Waals surface area (Å²) in [6.07, 6.45) is 12.2. The molecule has 1 saturated heterocycles. The second kappa shape index (κ2) is 12.6. The van der Waals surface area contributed by atoms with Crippen LogP contribution in [0.2, 0.25) is 0 Å². The summed E-state index contributed by atoms with van der Waals surface area (Å²) in [5.41, 5.74) is 0.993. The molecule has 8 heteroatoms. The number of hydrogen-bond acceptors (Lipinski definition) is 6. The maximum absolute atomic E-state index is 12.8. The average molecular weight is 486 g/mol. The normalized spacial score (nSPS) is 19.2. The summed E-state index contributed by atoms with van der Waals surface area (Å²) >= 11 is 1.47. The Morgan fingerprint density at radius 2 is 1.68 bits per heavy atom. The van der Waals surface area contributed by atoms with Crippen molar-refractivity contribution in [3.63, 3.8) is 0 Å². The maximum Gasteiger partial charge on any atom is 0.230 e. The third-order valence-electron chi connectivity index (χ3n) is 7.10. The van der Waals surface area contributed by atoms with Gasteiger partial charge in [0.1, 0.15) is 5.75 Å². The number of carbonyl (C=O) groups excluding carboxylic acids is 1. The number of ether oxygens (including phenoxy) is 1. The van der Waals surface area contributed by atoms with Crippen LogP contribution in [0.4, 0.5) is 0 Å². The fourth-order valence-corrected chi connectivity index (χ4v) is 5.86. The molecule has 186 valence electrons. The molecule has 0 radical (unpaired) electrons. The molecule has 0 bridgehead atoms. The number of hydrogen-bond donors (Lipinski definition) is 1. The second-order valence-electron chi connectivity index (χ2n) is 9.55. The molecule has 4 rings (SSSR count). The minimum Gasteiger partial charge on any atom is -0.497 e. The van der Waals surface area contributed by atoms with Crippen molar-refractivity contribution in [2.45, 2.75) is 88.4 Å². The van der Waals surface area contributed by atoms with Crippen LogP contribution in [0.5, 0.6) is 5.75 Å². The molecule has 7 nitrogen and oxygen atoms in total. The van der Waals surface area contributed by atoms with Gasteiger partial charge in [-0.1, -0.05) is 50.3 Å². The van der Waals surface area contributed by atoms with Crippen molar-refractivity contribution in [2.24, 2.45) is 0 Å². The lowest BCUT2D eigenvalue weighted by Gasteiger charge is -2.31. The van der Waals surface area contributed by atoms with E-state index in [1.165, 1.54) is 63.1 Å². The Labute approximate surface area is 208 Å². The SMILES string of the molecule is COc1ccc(-n2c(SCC(=O)NC3CCCCCCC3)nnc2C(C)N2CCCCC2)cc1. The van der Waals surface area contributed by atoms with Gasteiger partial charge in [-0.25, -0.2) is 0 Å². The fraction of sp³-hybridized carbons (Fsp3) is 0.654. The Kier molecular flexibility index (Phi) is 9.27. The van der Waals surface area contributed by atoms with E-state index in [0.29, 0.717) is 11.8 Å². The zero-order chi connectivity index (χ0) is 23.8. The van der Waals surface area contributed by atoms with E-state index in [4.69, 9.17) is 4.74 Å². The number of carbonyl (C=O) groups is 1. The molecule has 0 spiro atoms. The van der Waals surface area contributed by atoms with Gasteiger partial charge in [-0.2, -0.15) is 0 Å². The molecule has 2 heterocycles. The quantitative estimate of drug-likeness (QED) is 0.522. The number of amides is 1. The summed E-state index contributed by atoms with van der Waals surface area (Å²) < 4.78 is 7.47. The number of nitrogens with one attached hydrogen (secondary N) is 1. The van der Waals surface area contributed by atoms with Crippen molar-refractivity contribution in [1.29, 1.82) is 0 Å². The van der Waals surface area contributed by atoms with Crippen molar-refractivity contribution in [3.8, 4) is 11.4 Å². The molecule has 1 N–H and O–H groups in total. The minimum absolute atomic E-state index is 0.0884.